The molecule has 0 bridgehead atoms. The first kappa shape index (κ1) is 18.5. The fourth-order valence-electron chi connectivity index (χ4n) is 4.04. The SMILES string of the molecule is NC(=O)Oc1cccc2[nH]c(C3CCCN(CCCc4ccccc4)C3)nc12. The van der Waals surface area contributed by atoms with Crippen molar-refractivity contribution in [2.24, 2.45) is 5.73 Å². The molecule has 6 heteroatoms. The zero-order chi connectivity index (χ0) is 19.3. The van der Waals surface area contributed by atoms with Crippen molar-refractivity contribution >= 4 is 17.1 Å². The molecule has 1 aliphatic heterocycles. The lowest BCUT2D eigenvalue weighted by atomic mass is 9.97. The van der Waals surface area contributed by atoms with E-state index in [1.54, 1.807) is 6.07 Å². The van der Waals surface area contributed by atoms with Crippen LogP contribution < -0.4 is 10.5 Å². The first-order valence-corrected chi connectivity index (χ1v) is 9.91. The van der Waals surface area contributed by atoms with Gasteiger partial charge in [-0.3, -0.25) is 0 Å². The number of amides is 1. The van der Waals surface area contributed by atoms with Crippen molar-refractivity contribution in [3.63, 3.8) is 0 Å². The highest BCUT2D eigenvalue weighted by Gasteiger charge is 2.24. The molecule has 1 atom stereocenters. The van der Waals surface area contributed by atoms with Crippen LogP contribution in [0.1, 0.15) is 36.6 Å². The summed E-state index contributed by atoms with van der Waals surface area (Å²) < 4.78 is 5.09. The average Bonchev–Trinajstić information content (AvgIpc) is 3.14. The number of aromatic amines is 1. The number of rotatable bonds is 6. The average molecular weight is 378 g/mol. The number of benzene rings is 2. The number of para-hydroxylation sites is 1. The number of hydrogen-bond acceptors (Lipinski definition) is 4. The van der Waals surface area contributed by atoms with Gasteiger partial charge in [0.2, 0.25) is 0 Å². The fourth-order valence-corrected chi connectivity index (χ4v) is 4.04. The number of likely N-dealkylation sites (tertiary alicyclic amines) is 1. The van der Waals surface area contributed by atoms with Gasteiger partial charge in [0.25, 0.3) is 0 Å². The number of carbonyl (C=O) groups excluding carboxylic acids is 1. The van der Waals surface area contributed by atoms with Gasteiger partial charge in [-0.1, -0.05) is 36.4 Å². The van der Waals surface area contributed by atoms with Gasteiger partial charge in [0.05, 0.1) is 5.52 Å². The summed E-state index contributed by atoms with van der Waals surface area (Å²) in [5, 5.41) is 0. The summed E-state index contributed by atoms with van der Waals surface area (Å²) in [6, 6.07) is 16.1. The molecule has 1 aliphatic rings. The lowest BCUT2D eigenvalue weighted by Gasteiger charge is -2.31. The molecule has 1 fully saturated rings. The summed E-state index contributed by atoms with van der Waals surface area (Å²) in [5.74, 6) is 1.73. The molecule has 146 valence electrons. The van der Waals surface area contributed by atoms with Crippen molar-refractivity contribution < 1.29 is 9.53 Å². The van der Waals surface area contributed by atoms with Crippen molar-refractivity contribution in [1.82, 2.24) is 14.9 Å². The van der Waals surface area contributed by atoms with Gasteiger partial charge in [0.15, 0.2) is 5.75 Å². The molecule has 3 aromatic rings. The number of hydrogen-bond donors (Lipinski definition) is 2. The summed E-state index contributed by atoms with van der Waals surface area (Å²) in [5.41, 5.74) is 8.10. The van der Waals surface area contributed by atoms with Crippen LogP contribution in [0.4, 0.5) is 4.79 Å². The minimum Gasteiger partial charge on any atom is -0.408 e. The second-order valence-electron chi connectivity index (χ2n) is 7.42. The third-order valence-electron chi connectivity index (χ3n) is 5.38. The summed E-state index contributed by atoms with van der Waals surface area (Å²) in [6.07, 6.45) is 3.73. The molecule has 0 radical (unpaired) electrons. The molecule has 3 N–H and O–H groups in total. The van der Waals surface area contributed by atoms with Gasteiger partial charge in [-0.2, -0.15) is 0 Å². The van der Waals surface area contributed by atoms with Gasteiger partial charge in [-0.25, -0.2) is 9.78 Å². The Morgan fingerprint density at radius 3 is 2.89 bits per heavy atom. The maximum atomic E-state index is 11.1. The topological polar surface area (TPSA) is 84.2 Å². The lowest BCUT2D eigenvalue weighted by molar-refractivity contribution is 0.203. The van der Waals surface area contributed by atoms with Crippen LogP contribution in [0.3, 0.4) is 0 Å². The maximum Gasteiger partial charge on any atom is 0.410 e. The number of ether oxygens (including phenoxy) is 1. The van der Waals surface area contributed by atoms with E-state index in [-0.39, 0.29) is 0 Å². The molecule has 1 amide bonds. The van der Waals surface area contributed by atoms with Crippen LogP contribution in [-0.4, -0.2) is 40.6 Å². The van der Waals surface area contributed by atoms with E-state index in [0.29, 0.717) is 17.2 Å². The van der Waals surface area contributed by atoms with E-state index in [2.05, 4.69) is 40.2 Å². The number of aryl methyl sites for hydroxylation is 1. The molecule has 2 aromatic carbocycles. The highest BCUT2D eigenvalue weighted by Crippen LogP contribution is 2.30. The third-order valence-corrected chi connectivity index (χ3v) is 5.38. The fraction of sp³-hybridized carbons (Fsp3) is 0.364. The number of nitrogens with two attached hydrogens (primary N) is 1. The number of primary amides is 1. The van der Waals surface area contributed by atoms with Crippen LogP contribution in [0, 0.1) is 0 Å². The van der Waals surface area contributed by atoms with Gasteiger partial charge in [-0.15, -0.1) is 0 Å². The Morgan fingerprint density at radius 1 is 1.21 bits per heavy atom. The highest BCUT2D eigenvalue weighted by molar-refractivity contribution is 5.84. The minimum atomic E-state index is -0.820. The van der Waals surface area contributed by atoms with Crippen LogP contribution in [0.5, 0.6) is 5.75 Å². The Bertz CT molecular complexity index is 938. The Hall–Kier alpha value is -2.86. The molecule has 0 aliphatic carbocycles. The number of piperidine rings is 1. The van der Waals surface area contributed by atoms with Gasteiger partial charge in [0, 0.05) is 12.5 Å². The third kappa shape index (κ3) is 4.34. The van der Waals surface area contributed by atoms with Gasteiger partial charge in [0.1, 0.15) is 11.3 Å². The predicted molar refractivity (Wildman–Crippen MR) is 109 cm³/mol. The number of nitrogens with one attached hydrogen (secondary N) is 1. The molecule has 1 saturated heterocycles. The largest absolute Gasteiger partial charge is 0.410 e. The van der Waals surface area contributed by atoms with E-state index in [1.807, 2.05) is 12.1 Å². The number of H-pyrrole nitrogens is 1. The highest BCUT2D eigenvalue weighted by atomic mass is 16.5. The normalized spacial score (nSPS) is 17.6. The molecular formula is C22H26N4O2. The second-order valence-corrected chi connectivity index (χ2v) is 7.42. The number of imidazole rings is 1. The molecular weight excluding hydrogens is 352 g/mol. The quantitative estimate of drug-likeness (QED) is 0.683. The Kier molecular flexibility index (Phi) is 5.58. The van der Waals surface area contributed by atoms with Crippen LogP contribution >= 0.6 is 0 Å². The Balaban J connectivity index is 1.40. The van der Waals surface area contributed by atoms with E-state index in [9.17, 15) is 4.79 Å². The number of aromatic nitrogens is 2. The van der Waals surface area contributed by atoms with Crippen molar-refractivity contribution in [3.8, 4) is 5.75 Å². The summed E-state index contributed by atoms with van der Waals surface area (Å²) in [6.45, 7) is 3.24. The standard InChI is InChI=1S/C22H26N4O2/c23-22(27)28-19-12-4-11-18-20(19)25-21(24-18)17-10-6-14-26(15-17)13-5-9-16-7-2-1-3-8-16/h1-4,7-8,11-12,17H,5-6,9-10,13-15H2,(H2,23,27)(H,24,25). The zero-order valence-corrected chi connectivity index (χ0v) is 15.9. The van der Waals surface area contributed by atoms with Crippen molar-refractivity contribution in [1.29, 1.82) is 0 Å². The molecule has 1 unspecified atom stereocenters. The van der Waals surface area contributed by atoms with Gasteiger partial charge in [-0.05, 0) is 56.5 Å². The molecule has 4 rings (SSSR count). The van der Waals surface area contributed by atoms with E-state index >= 15 is 0 Å². The minimum absolute atomic E-state index is 0.360. The monoisotopic (exact) mass is 378 g/mol. The molecule has 0 spiro atoms. The summed E-state index contributed by atoms with van der Waals surface area (Å²) in [4.78, 5) is 21.8. The molecule has 0 saturated carbocycles. The maximum absolute atomic E-state index is 11.1. The van der Waals surface area contributed by atoms with E-state index in [1.165, 1.54) is 5.56 Å². The van der Waals surface area contributed by atoms with Gasteiger partial charge >= 0.3 is 6.09 Å². The molecule has 1 aromatic heterocycles. The Labute approximate surface area is 164 Å². The van der Waals surface area contributed by atoms with Crippen LogP contribution in [0.15, 0.2) is 48.5 Å². The number of fused-ring (bicyclic) bond motifs is 1. The molecule has 6 nitrogen and oxygen atoms in total. The predicted octanol–water partition coefficient (Wildman–Crippen LogP) is 3.83. The van der Waals surface area contributed by atoms with Crippen molar-refractivity contribution in [3.05, 3.63) is 59.9 Å². The van der Waals surface area contributed by atoms with Crippen molar-refractivity contribution in [2.45, 2.75) is 31.6 Å². The van der Waals surface area contributed by atoms with E-state index in [0.717, 1.165) is 56.7 Å². The van der Waals surface area contributed by atoms with E-state index in [4.69, 9.17) is 15.5 Å². The van der Waals surface area contributed by atoms with Crippen LogP contribution in [-0.2, 0) is 6.42 Å². The number of carbonyl (C=O) groups is 1. The smallest absolute Gasteiger partial charge is 0.408 e. The Morgan fingerprint density at radius 2 is 2.07 bits per heavy atom. The zero-order valence-electron chi connectivity index (χ0n) is 15.9. The van der Waals surface area contributed by atoms with E-state index < -0.39 is 6.09 Å². The molecule has 2 heterocycles. The van der Waals surface area contributed by atoms with Crippen molar-refractivity contribution in [2.75, 3.05) is 19.6 Å². The number of nitrogens with zero attached hydrogens (tertiary/aromatic N) is 2. The summed E-state index contributed by atoms with van der Waals surface area (Å²) in [7, 11) is 0. The van der Waals surface area contributed by atoms with Crippen LogP contribution in [0.25, 0.3) is 11.0 Å². The second kappa shape index (κ2) is 8.44. The first-order valence-electron chi connectivity index (χ1n) is 9.91. The van der Waals surface area contributed by atoms with Gasteiger partial charge < -0.3 is 20.4 Å². The first-order chi connectivity index (χ1) is 13.7. The lowest BCUT2D eigenvalue weighted by Crippen LogP contribution is -2.35. The van der Waals surface area contributed by atoms with Crippen LogP contribution in [0.2, 0.25) is 0 Å². The molecule has 28 heavy (non-hydrogen) atoms. The summed E-state index contributed by atoms with van der Waals surface area (Å²) >= 11 is 0.